The smallest absolute Gasteiger partial charge is 0.345 e. The first kappa shape index (κ1) is 15.2. The van der Waals surface area contributed by atoms with Gasteiger partial charge in [0.25, 0.3) is 0 Å². The molecule has 0 fully saturated rings. The number of allylic oxidation sites excluding steroid dienone is 1. The lowest BCUT2D eigenvalue weighted by molar-refractivity contribution is -0.146. The van der Waals surface area contributed by atoms with Gasteiger partial charge >= 0.3 is 11.9 Å². The van der Waals surface area contributed by atoms with Crippen LogP contribution in [0.4, 0.5) is 0 Å². The summed E-state index contributed by atoms with van der Waals surface area (Å²) in [5.74, 6) is -1.32. The number of hydrogen-bond donors (Lipinski definition) is 0. The van der Waals surface area contributed by atoms with Crippen molar-refractivity contribution in [3.05, 3.63) is 11.6 Å². The first-order chi connectivity index (χ1) is 7.31. The van der Waals surface area contributed by atoms with Crippen LogP contribution in [0.25, 0.3) is 0 Å². The second kappa shape index (κ2) is 6.68. The van der Waals surface area contributed by atoms with E-state index in [9.17, 15) is 9.59 Å². The Kier molecular flexibility index (Phi) is 6.33. The second-order valence-electron chi connectivity index (χ2n) is 3.56. The number of alkyl halides is 1. The van der Waals surface area contributed by atoms with E-state index in [1.165, 1.54) is 6.08 Å². The second-order valence-corrected chi connectivity index (χ2v) is 5.61. The van der Waals surface area contributed by atoms with Crippen LogP contribution in [0.5, 0.6) is 0 Å². The molecule has 5 heteroatoms. The Bertz CT molecular complexity index is 269. The van der Waals surface area contributed by atoms with Crippen molar-refractivity contribution in [3.63, 3.8) is 0 Å². The number of carbonyl (C=O) groups excluding carboxylic acids is 2. The molecule has 0 N–H and O–H groups in total. The molecule has 0 aromatic rings. The molecule has 0 saturated heterocycles. The van der Waals surface area contributed by atoms with E-state index in [1.54, 1.807) is 13.8 Å². The molecule has 4 nitrogen and oxygen atoms in total. The van der Waals surface area contributed by atoms with E-state index in [0.717, 1.165) is 0 Å². The van der Waals surface area contributed by atoms with Gasteiger partial charge in [0.2, 0.25) is 0 Å². The van der Waals surface area contributed by atoms with Gasteiger partial charge in [0, 0.05) is 4.32 Å². The van der Waals surface area contributed by atoms with Crippen LogP contribution in [0, 0.1) is 0 Å². The van der Waals surface area contributed by atoms with Crippen molar-refractivity contribution in [2.75, 3.05) is 13.2 Å². The van der Waals surface area contributed by atoms with E-state index in [1.807, 2.05) is 13.8 Å². The summed E-state index contributed by atoms with van der Waals surface area (Å²) < 4.78 is 9.11. The quantitative estimate of drug-likeness (QED) is 0.256. The average molecular weight is 293 g/mol. The lowest BCUT2D eigenvalue weighted by Crippen LogP contribution is -2.21. The van der Waals surface area contributed by atoms with Gasteiger partial charge < -0.3 is 9.47 Å². The average Bonchev–Trinajstić information content (AvgIpc) is 2.13. The number of esters is 2. The van der Waals surface area contributed by atoms with E-state index in [4.69, 9.17) is 9.47 Å². The van der Waals surface area contributed by atoms with Crippen LogP contribution in [0.1, 0.15) is 27.7 Å². The molecular weight excluding hydrogens is 276 g/mol. The van der Waals surface area contributed by atoms with Crippen LogP contribution in [-0.4, -0.2) is 29.5 Å². The van der Waals surface area contributed by atoms with Crippen molar-refractivity contribution in [2.45, 2.75) is 32.0 Å². The summed E-state index contributed by atoms with van der Waals surface area (Å²) in [6.07, 6.45) is 1.49. The Morgan fingerprint density at radius 2 is 1.50 bits per heavy atom. The highest BCUT2D eigenvalue weighted by Crippen LogP contribution is 2.20. The summed E-state index contributed by atoms with van der Waals surface area (Å²) in [7, 11) is 0. The Labute approximate surface area is 104 Å². The summed E-state index contributed by atoms with van der Waals surface area (Å²) in [6, 6.07) is 0. The predicted molar refractivity (Wildman–Crippen MR) is 64.4 cm³/mol. The molecule has 0 aliphatic rings. The minimum Gasteiger partial charge on any atom is -0.462 e. The molecule has 0 aromatic heterocycles. The fraction of sp³-hybridized carbons (Fsp3) is 0.636. The van der Waals surface area contributed by atoms with Gasteiger partial charge in [-0.3, -0.25) is 0 Å². The maximum Gasteiger partial charge on any atom is 0.345 e. The van der Waals surface area contributed by atoms with Gasteiger partial charge in [0.05, 0.1) is 13.2 Å². The van der Waals surface area contributed by atoms with Crippen LogP contribution in [0.3, 0.4) is 0 Å². The fourth-order valence-corrected chi connectivity index (χ4v) is 1.19. The van der Waals surface area contributed by atoms with E-state index < -0.39 is 16.3 Å². The molecule has 0 unspecified atom stereocenters. The van der Waals surface area contributed by atoms with Crippen LogP contribution >= 0.6 is 15.9 Å². The number of carbonyl (C=O) groups is 2. The molecule has 0 radical (unpaired) electrons. The third-order valence-corrected chi connectivity index (χ3v) is 1.71. The Balaban J connectivity index is 4.98. The summed E-state index contributed by atoms with van der Waals surface area (Å²) in [4.78, 5) is 23.1. The zero-order valence-corrected chi connectivity index (χ0v) is 11.6. The Morgan fingerprint density at radius 1 is 1.12 bits per heavy atom. The molecule has 0 saturated carbocycles. The van der Waals surface area contributed by atoms with Crippen molar-refractivity contribution < 1.29 is 19.1 Å². The lowest BCUT2D eigenvalue weighted by Gasteiger charge is -2.13. The van der Waals surface area contributed by atoms with Gasteiger partial charge in [0.15, 0.2) is 0 Å². The Morgan fingerprint density at radius 3 is 1.75 bits per heavy atom. The molecule has 16 heavy (non-hydrogen) atoms. The molecule has 0 rings (SSSR count). The fourth-order valence-electron chi connectivity index (χ4n) is 0.962. The minimum absolute atomic E-state index is 0.0782. The molecule has 0 atom stereocenters. The normalized spacial score (nSPS) is 10.6. The molecular formula is C11H17BrO4. The molecule has 0 spiro atoms. The van der Waals surface area contributed by atoms with E-state index >= 15 is 0 Å². The molecule has 0 aliphatic heterocycles. The summed E-state index contributed by atoms with van der Waals surface area (Å²) in [5.41, 5.74) is -0.0782. The van der Waals surface area contributed by atoms with Crippen LogP contribution < -0.4 is 0 Å². The maximum absolute atomic E-state index is 11.5. The van der Waals surface area contributed by atoms with Gasteiger partial charge in [-0.25, -0.2) is 9.59 Å². The minimum atomic E-state index is -0.659. The largest absolute Gasteiger partial charge is 0.462 e. The number of ether oxygens (including phenoxy) is 2. The molecule has 0 aromatic carbocycles. The predicted octanol–water partition coefficient (Wildman–Crippen LogP) is 2.21. The highest BCUT2D eigenvalue weighted by atomic mass is 79.9. The van der Waals surface area contributed by atoms with E-state index in [0.29, 0.717) is 0 Å². The number of halogens is 1. The third-order valence-electron chi connectivity index (χ3n) is 1.48. The van der Waals surface area contributed by atoms with Gasteiger partial charge in [-0.15, -0.1) is 0 Å². The van der Waals surface area contributed by atoms with Crippen molar-refractivity contribution in [2.24, 2.45) is 0 Å². The topological polar surface area (TPSA) is 52.6 Å². The highest BCUT2D eigenvalue weighted by molar-refractivity contribution is 9.10. The van der Waals surface area contributed by atoms with Crippen molar-refractivity contribution in [3.8, 4) is 0 Å². The monoisotopic (exact) mass is 292 g/mol. The number of hydrogen-bond acceptors (Lipinski definition) is 4. The van der Waals surface area contributed by atoms with E-state index in [2.05, 4.69) is 15.9 Å². The van der Waals surface area contributed by atoms with Crippen LogP contribution in [0.15, 0.2) is 11.6 Å². The molecule has 0 aliphatic carbocycles. The summed E-state index contributed by atoms with van der Waals surface area (Å²) in [6.45, 7) is 7.42. The zero-order chi connectivity index (χ0) is 12.8. The van der Waals surface area contributed by atoms with Crippen molar-refractivity contribution in [1.29, 1.82) is 0 Å². The van der Waals surface area contributed by atoms with Crippen LogP contribution in [0.2, 0.25) is 0 Å². The molecule has 0 bridgehead atoms. The van der Waals surface area contributed by atoms with Gasteiger partial charge in [-0.1, -0.05) is 15.9 Å². The van der Waals surface area contributed by atoms with Crippen molar-refractivity contribution in [1.82, 2.24) is 0 Å². The molecule has 92 valence electrons. The standard InChI is InChI=1S/C11H17BrO4/c1-5-15-9(13)8(7-11(3,4)12)10(14)16-6-2/h7H,5-6H2,1-4H3. The van der Waals surface area contributed by atoms with Gasteiger partial charge in [-0.05, 0) is 33.8 Å². The first-order valence-corrected chi connectivity index (χ1v) is 5.87. The first-order valence-electron chi connectivity index (χ1n) is 5.07. The van der Waals surface area contributed by atoms with Crippen LogP contribution in [-0.2, 0) is 19.1 Å². The molecule has 0 amide bonds. The van der Waals surface area contributed by atoms with Gasteiger partial charge in [0.1, 0.15) is 5.57 Å². The SMILES string of the molecule is CCOC(=O)C(=CC(C)(C)Br)C(=O)OCC. The van der Waals surface area contributed by atoms with E-state index in [-0.39, 0.29) is 18.8 Å². The Hall–Kier alpha value is -0.840. The van der Waals surface area contributed by atoms with Crippen molar-refractivity contribution >= 4 is 27.9 Å². The molecule has 0 heterocycles. The number of rotatable bonds is 5. The summed E-state index contributed by atoms with van der Waals surface area (Å²) >= 11 is 3.33. The zero-order valence-electron chi connectivity index (χ0n) is 10.0. The highest BCUT2D eigenvalue weighted by Gasteiger charge is 2.24. The van der Waals surface area contributed by atoms with Gasteiger partial charge in [-0.2, -0.15) is 0 Å². The maximum atomic E-state index is 11.5. The summed E-state index contributed by atoms with van der Waals surface area (Å²) in [5, 5.41) is 0. The third kappa shape index (κ3) is 5.90. The lowest BCUT2D eigenvalue weighted by atomic mass is 10.1.